The number of benzene rings is 2. The summed E-state index contributed by atoms with van der Waals surface area (Å²) in [7, 11) is 0. The molecule has 2 unspecified atom stereocenters. The monoisotopic (exact) mass is 442 g/mol. The van der Waals surface area contributed by atoms with Crippen LogP contribution in [0.15, 0.2) is 42.0 Å². The van der Waals surface area contributed by atoms with Gasteiger partial charge >= 0.3 is 5.97 Å². The van der Waals surface area contributed by atoms with Crippen LogP contribution in [0.1, 0.15) is 105 Å². The second-order valence-electron chi connectivity index (χ2n) is 11.9. The van der Waals surface area contributed by atoms with E-state index < -0.39 is 0 Å². The highest BCUT2D eigenvalue weighted by molar-refractivity contribution is 5.89. The Morgan fingerprint density at radius 1 is 1.00 bits per heavy atom. The number of aryl methyl sites for hydroxylation is 1. The lowest BCUT2D eigenvalue weighted by atomic mass is 9.62. The Hall–Kier alpha value is -2.35. The van der Waals surface area contributed by atoms with Gasteiger partial charge in [0.05, 0.1) is 12.2 Å². The average molecular weight is 443 g/mol. The first-order chi connectivity index (χ1) is 15.6. The Bertz CT molecular complexity index is 1130. The number of rotatable bonds is 4. The van der Waals surface area contributed by atoms with Crippen molar-refractivity contribution in [2.24, 2.45) is 5.92 Å². The summed E-state index contributed by atoms with van der Waals surface area (Å²) in [5.74, 6) is 0.533. The lowest BCUT2D eigenvalue weighted by molar-refractivity contribution is 0.0526. The molecular formula is C31H38O2. The maximum atomic E-state index is 12.0. The molecule has 5 rings (SSSR count). The first-order valence-electron chi connectivity index (χ1n) is 12.7. The van der Waals surface area contributed by atoms with E-state index >= 15 is 0 Å². The number of hydrogen-bond acceptors (Lipinski definition) is 2. The highest BCUT2D eigenvalue weighted by atomic mass is 16.5. The minimum absolute atomic E-state index is 0.219. The molecule has 0 N–H and O–H groups in total. The standard InChI is InChI=1S/C31H38O2/c1-7-33-28(32)22-10-8-21(9-11-22)17-23-12-13-24-19-31(23,24)25-18-27-26(16-20(25)2)29(3,4)14-15-30(27,5)6/h8-11,16-18,24H,7,12-15,19H2,1-6H3/b23-17+. The van der Waals surface area contributed by atoms with Crippen LogP contribution in [0, 0.1) is 12.8 Å². The Morgan fingerprint density at radius 2 is 1.64 bits per heavy atom. The highest BCUT2D eigenvalue weighted by Gasteiger charge is 2.61. The molecule has 2 atom stereocenters. The maximum Gasteiger partial charge on any atom is 0.338 e. The van der Waals surface area contributed by atoms with E-state index in [9.17, 15) is 4.79 Å². The predicted molar refractivity (Wildman–Crippen MR) is 136 cm³/mol. The van der Waals surface area contributed by atoms with Gasteiger partial charge in [0.1, 0.15) is 0 Å². The van der Waals surface area contributed by atoms with E-state index in [0.29, 0.717) is 12.2 Å². The van der Waals surface area contributed by atoms with E-state index in [1.807, 2.05) is 19.1 Å². The van der Waals surface area contributed by atoms with Gasteiger partial charge in [-0.25, -0.2) is 4.79 Å². The quantitative estimate of drug-likeness (QED) is 0.454. The van der Waals surface area contributed by atoms with Gasteiger partial charge in [-0.2, -0.15) is 0 Å². The normalized spacial score (nSPS) is 27.7. The summed E-state index contributed by atoms with van der Waals surface area (Å²) in [6.45, 7) is 14.3. The number of carbonyl (C=O) groups excluding carboxylic acids is 1. The molecule has 2 heteroatoms. The third-order valence-electron chi connectivity index (χ3n) is 8.88. The Morgan fingerprint density at radius 3 is 2.24 bits per heavy atom. The lowest BCUT2D eigenvalue weighted by Crippen LogP contribution is -2.34. The molecule has 0 aliphatic heterocycles. The van der Waals surface area contributed by atoms with E-state index in [2.05, 4.69) is 65.0 Å². The second kappa shape index (κ2) is 7.58. The van der Waals surface area contributed by atoms with E-state index in [-0.39, 0.29) is 22.2 Å². The number of allylic oxidation sites excluding steroid dienone is 1. The fraction of sp³-hybridized carbons (Fsp3) is 0.516. The van der Waals surface area contributed by atoms with Crippen molar-refractivity contribution in [3.63, 3.8) is 0 Å². The summed E-state index contributed by atoms with van der Waals surface area (Å²) < 4.78 is 5.13. The molecule has 33 heavy (non-hydrogen) atoms. The summed E-state index contributed by atoms with van der Waals surface area (Å²) in [5, 5.41) is 0. The Kier molecular flexibility index (Phi) is 5.16. The van der Waals surface area contributed by atoms with Gasteiger partial charge in [0.25, 0.3) is 0 Å². The van der Waals surface area contributed by atoms with Crippen LogP contribution in [0.3, 0.4) is 0 Å². The second-order valence-corrected chi connectivity index (χ2v) is 11.9. The number of esters is 1. The van der Waals surface area contributed by atoms with E-state index in [1.165, 1.54) is 43.2 Å². The minimum atomic E-state index is -0.244. The summed E-state index contributed by atoms with van der Waals surface area (Å²) in [6.07, 6.45) is 8.65. The van der Waals surface area contributed by atoms with Crippen molar-refractivity contribution in [3.8, 4) is 0 Å². The van der Waals surface area contributed by atoms with Crippen molar-refractivity contribution in [3.05, 3.63) is 75.4 Å². The van der Waals surface area contributed by atoms with Gasteiger partial charge in [0.15, 0.2) is 0 Å². The molecule has 3 aliphatic carbocycles. The van der Waals surface area contributed by atoms with E-state index in [1.54, 1.807) is 22.3 Å². The van der Waals surface area contributed by atoms with Crippen LogP contribution in [0.25, 0.3) is 6.08 Å². The van der Waals surface area contributed by atoms with Gasteiger partial charge in [0, 0.05) is 5.41 Å². The van der Waals surface area contributed by atoms with Gasteiger partial charge in [-0.1, -0.05) is 63.6 Å². The first-order valence-corrected chi connectivity index (χ1v) is 12.7. The molecule has 2 nitrogen and oxygen atoms in total. The summed E-state index contributed by atoms with van der Waals surface area (Å²) in [6, 6.07) is 13.0. The van der Waals surface area contributed by atoms with Crippen molar-refractivity contribution in [1.29, 1.82) is 0 Å². The fourth-order valence-corrected chi connectivity index (χ4v) is 6.66. The van der Waals surface area contributed by atoms with Crippen LogP contribution < -0.4 is 0 Å². The molecule has 0 amide bonds. The number of fused-ring (bicyclic) bond motifs is 2. The lowest BCUT2D eigenvalue weighted by Gasteiger charge is -2.43. The van der Waals surface area contributed by atoms with Gasteiger partial charge in [-0.05, 0) is 103 Å². The van der Waals surface area contributed by atoms with Gasteiger partial charge < -0.3 is 4.74 Å². The van der Waals surface area contributed by atoms with Gasteiger partial charge in [-0.3, -0.25) is 0 Å². The van der Waals surface area contributed by atoms with Crippen LogP contribution in [0.4, 0.5) is 0 Å². The van der Waals surface area contributed by atoms with Crippen LogP contribution >= 0.6 is 0 Å². The third kappa shape index (κ3) is 3.57. The van der Waals surface area contributed by atoms with Gasteiger partial charge in [-0.15, -0.1) is 0 Å². The average Bonchev–Trinajstić information content (AvgIpc) is 3.40. The van der Waals surface area contributed by atoms with Crippen LogP contribution in [-0.2, 0) is 21.0 Å². The minimum Gasteiger partial charge on any atom is -0.462 e. The molecule has 2 aromatic carbocycles. The van der Waals surface area contributed by atoms with Crippen LogP contribution in [-0.4, -0.2) is 12.6 Å². The molecule has 0 aromatic heterocycles. The van der Waals surface area contributed by atoms with Gasteiger partial charge in [0.2, 0.25) is 0 Å². The smallest absolute Gasteiger partial charge is 0.338 e. The summed E-state index contributed by atoms with van der Waals surface area (Å²) in [5.41, 5.74) is 10.3. The number of ether oxygens (including phenoxy) is 1. The van der Waals surface area contributed by atoms with E-state index in [4.69, 9.17) is 4.74 Å². The molecule has 0 spiro atoms. The fourth-order valence-electron chi connectivity index (χ4n) is 6.66. The molecule has 0 radical (unpaired) electrons. The molecular weight excluding hydrogens is 404 g/mol. The maximum absolute atomic E-state index is 12.0. The molecule has 3 aliphatic rings. The molecule has 0 bridgehead atoms. The molecule has 2 aromatic rings. The molecule has 174 valence electrons. The zero-order chi connectivity index (χ0) is 23.6. The molecule has 2 saturated carbocycles. The summed E-state index contributed by atoms with van der Waals surface area (Å²) >= 11 is 0. The van der Waals surface area contributed by atoms with Crippen molar-refractivity contribution < 1.29 is 9.53 Å². The Labute approximate surface area is 199 Å². The SMILES string of the molecule is CCOC(=O)c1ccc(/C=C2\CCC3CC23c2cc3c(cc2C)C(C)(C)CCC3(C)C)cc1. The molecule has 2 fully saturated rings. The molecule has 0 saturated heterocycles. The third-order valence-corrected chi connectivity index (χ3v) is 8.88. The van der Waals surface area contributed by atoms with Crippen molar-refractivity contribution in [2.75, 3.05) is 6.61 Å². The van der Waals surface area contributed by atoms with Crippen molar-refractivity contribution in [2.45, 2.75) is 89.9 Å². The number of hydrogen-bond donors (Lipinski definition) is 0. The van der Waals surface area contributed by atoms with Crippen LogP contribution in [0.5, 0.6) is 0 Å². The van der Waals surface area contributed by atoms with Crippen LogP contribution in [0.2, 0.25) is 0 Å². The van der Waals surface area contributed by atoms with Crippen molar-refractivity contribution >= 4 is 12.0 Å². The first kappa shape index (κ1) is 22.4. The Balaban J connectivity index is 1.53. The topological polar surface area (TPSA) is 26.3 Å². The van der Waals surface area contributed by atoms with Crippen molar-refractivity contribution in [1.82, 2.24) is 0 Å². The highest BCUT2D eigenvalue weighted by Crippen LogP contribution is 2.68. The largest absolute Gasteiger partial charge is 0.462 e. The van der Waals surface area contributed by atoms with E-state index in [0.717, 1.165) is 5.92 Å². The number of carbonyl (C=O) groups is 1. The molecule has 0 heterocycles. The zero-order valence-electron chi connectivity index (χ0n) is 21.2. The summed E-state index contributed by atoms with van der Waals surface area (Å²) in [4.78, 5) is 12.0. The zero-order valence-corrected chi connectivity index (χ0v) is 21.2. The predicted octanol–water partition coefficient (Wildman–Crippen LogP) is 7.66.